The zero-order valence-electron chi connectivity index (χ0n) is 9.02. The molecule has 0 aromatic heterocycles. The third-order valence-corrected chi connectivity index (χ3v) is 3.06. The average molecular weight is 228 g/mol. The Kier molecular flexibility index (Phi) is 3.28. The third-order valence-electron chi connectivity index (χ3n) is 3.06. The summed E-state index contributed by atoms with van der Waals surface area (Å²) >= 11 is 0. The highest BCUT2D eigenvalue weighted by atomic mass is 16.5. The highest BCUT2D eigenvalue weighted by molar-refractivity contribution is 5.77. The number of hydrogen-bond acceptors (Lipinski definition) is 3. The summed E-state index contributed by atoms with van der Waals surface area (Å²) in [4.78, 5) is 24.0. The minimum atomic E-state index is -1.01. The first-order valence-corrected chi connectivity index (χ1v) is 5.56. The Morgan fingerprint density at radius 2 is 2.12 bits per heavy atom. The highest BCUT2D eigenvalue weighted by Crippen LogP contribution is 2.18. The van der Waals surface area contributed by atoms with Gasteiger partial charge in [0.25, 0.3) is 0 Å². The molecule has 6 nitrogen and oxygen atoms in total. The van der Waals surface area contributed by atoms with E-state index >= 15 is 0 Å². The van der Waals surface area contributed by atoms with Gasteiger partial charge in [-0.25, -0.2) is 9.59 Å². The number of nitrogens with zero attached hydrogens (tertiary/aromatic N) is 1. The van der Waals surface area contributed by atoms with Gasteiger partial charge in [0.1, 0.15) is 0 Å². The molecule has 0 aromatic carbocycles. The van der Waals surface area contributed by atoms with Crippen molar-refractivity contribution in [2.24, 2.45) is 0 Å². The molecule has 0 spiro atoms. The molecule has 0 aromatic rings. The lowest BCUT2D eigenvalue weighted by Crippen LogP contribution is -2.54. The largest absolute Gasteiger partial charge is 0.479 e. The molecule has 90 valence electrons. The van der Waals surface area contributed by atoms with Crippen molar-refractivity contribution in [3.8, 4) is 0 Å². The van der Waals surface area contributed by atoms with E-state index in [0.717, 1.165) is 19.3 Å². The fourth-order valence-electron chi connectivity index (χ4n) is 1.80. The van der Waals surface area contributed by atoms with E-state index in [9.17, 15) is 9.59 Å². The van der Waals surface area contributed by atoms with Crippen molar-refractivity contribution in [2.75, 3.05) is 19.7 Å². The van der Waals surface area contributed by atoms with Crippen LogP contribution in [-0.2, 0) is 9.53 Å². The first kappa shape index (κ1) is 11.2. The molecule has 1 aliphatic carbocycles. The number of amides is 2. The van der Waals surface area contributed by atoms with Gasteiger partial charge in [-0.2, -0.15) is 0 Å². The number of nitrogens with one attached hydrogen (secondary N) is 1. The van der Waals surface area contributed by atoms with Crippen LogP contribution in [0, 0.1) is 0 Å². The van der Waals surface area contributed by atoms with E-state index < -0.39 is 12.1 Å². The molecule has 16 heavy (non-hydrogen) atoms. The van der Waals surface area contributed by atoms with Crippen molar-refractivity contribution in [1.82, 2.24) is 10.2 Å². The number of carboxylic acids is 1. The Labute approximate surface area is 93.6 Å². The second kappa shape index (κ2) is 4.69. The number of carbonyl (C=O) groups is 2. The molecule has 1 saturated heterocycles. The standard InChI is InChI=1S/C10H16N2O4/c13-9(14)8-6-12(4-5-16-8)10(15)11-7-2-1-3-7/h7-8H,1-6H2,(H,11,15)(H,13,14). The summed E-state index contributed by atoms with van der Waals surface area (Å²) in [5.41, 5.74) is 0. The molecule has 0 radical (unpaired) electrons. The average Bonchev–Trinajstić information content (AvgIpc) is 2.23. The second-order valence-electron chi connectivity index (χ2n) is 4.22. The van der Waals surface area contributed by atoms with Crippen molar-refractivity contribution >= 4 is 12.0 Å². The summed E-state index contributed by atoms with van der Waals surface area (Å²) in [6.07, 6.45) is 2.32. The van der Waals surface area contributed by atoms with Gasteiger partial charge >= 0.3 is 12.0 Å². The van der Waals surface area contributed by atoms with Crippen molar-refractivity contribution in [2.45, 2.75) is 31.4 Å². The minimum absolute atomic E-state index is 0.133. The predicted molar refractivity (Wildman–Crippen MR) is 55.1 cm³/mol. The summed E-state index contributed by atoms with van der Waals surface area (Å²) in [6.45, 7) is 0.880. The van der Waals surface area contributed by atoms with Crippen LogP contribution < -0.4 is 5.32 Å². The van der Waals surface area contributed by atoms with E-state index in [1.54, 1.807) is 0 Å². The van der Waals surface area contributed by atoms with Crippen LogP contribution in [0.25, 0.3) is 0 Å². The maximum atomic E-state index is 11.7. The number of carbonyl (C=O) groups excluding carboxylic acids is 1. The van der Waals surface area contributed by atoms with Gasteiger partial charge in [0.2, 0.25) is 0 Å². The molecule has 2 N–H and O–H groups in total. The summed E-state index contributed by atoms with van der Waals surface area (Å²) in [6, 6.07) is 0.109. The lowest BCUT2D eigenvalue weighted by molar-refractivity contribution is -0.154. The molecule has 1 atom stereocenters. The fourth-order valence-corrected chi connectivity index (χ4v) is 1.80. The van der Waals surface area contributed by atoms with Crippen LogP contribution >= 0.6 is 0 Å². The van der Waals surface area contributed by atoms with Gasteiger partial charge in [-0.1, -0.05) is 0 Å². The Morgan fingerprint density at radius 1 is 1.38 bits per heavy atom. The molecule has 1 saturated carbocycles. The molecule has 2 fully saturated rings. The van der Waals surface area contributed by atoms with E-state index in [0.29, 0.717) is 6.54 Å². The molecule has 2 rings (SSSR count). The van der Waals surface area contributed by atoms with Crippen LogP contribution in [-0.4, -0.2) is 53.8 Å². The number of morpholine rings is 1. The van der Waals surface area contributed by atoms with Crippen molar-refractivity contribution in [3.63, 3.8) is 0 Å². The van der Waals surface area contributed by atoms with Gasteiger partial charge in [0, 0.05) is 12.6 Å². The molecule has 0 bridgehead atoms. The third kappa shape index (κ3) is 2.44. The van der Waals surface area contributed by atoms with Crippen LogP contribution in [0.5, 0.6) is 0 Å². The Balaban J connectivity index is 1.83. The lowest BCUT2D eigenvalue weighted by atomic mass is 9.93. The zero-order valence-corrected chi connectivity index (χ0v) is 9.02. The number of carboxylic acid groups (broad SMARTS) is 1. The van der Waals surface area contributed by atoms with E-state index in [-0.39, 0.29) is 25.2 Å². The maximum absolute atomic E-state index is 11.7. The molecular weight excluding hydrogens is 212 g/mol. The quantitative estimate of drug-likeness (QED) is 0.699. The molecule has 2 amide bonds. The van der Waals surface area contributed by atoms with Crippen LogP contribution in [0.3, 0.4) is 0 Å². The Bertz CT molecular complexity index is 291. The second-order valence-corrected chi connectivity index (χ2v) is 4.22. The fraction of sp³-hybridized carbons (Fsp3) is 0.800. The SMILES string of the molecule is O=C(O)C1CN(C(=O)NC2CCC2)CCO1. The summed E-state index contributed by atoms with van der Waals surface area (Å²) in [5, 5.41) is 11.7. The number of aliphatic carboxylic acids is 1. The minimum Gasteiger partial charge on any atom is -0.479 e. The van der Waals surface area contributed by atoms with E-state index in [1.165, 1.54) is 4.90 Å². The van der Waals surface area contributed by atoms with Gasteiger partial charge in [-0.05, 0) is 19.3 Å². The van der Waals surface area contributed by atoms with E-state index in [4.69, 9.17) is 9.84 Å². The zero-order chi connectivity index (χ0) is 11.5. The van der Waals surface area contributed by atoms with Gasteiger partial charge in [0.15, 0.2) is 6.10 Å². The summed E-state index contributed by atoms with van der Waals surface area (Å²) < 4.78 is 5.04. The van der Waals surface area contributed by atoms with E-state index in [2.05, 4.69) is 5.32 Å². The van der Waals surface area contributed by atoms with Gasteiger partial charge < -0.3 is 20.1 Å². The normalized spacial score (nSPS) is 26.0. The molecule has 1 aliphatic heterocycles. The van der Waals surface area contributed by atoms with Gasteiger partial charge in [-0.3, -0.25) is 0 Å². The Hall–Kier alpha value is -1.30. The predicted octanol–water partition coefficient (Wildman–Crippen LogP) is 0.0339. The smallest absolute Gasteiger partial charge is 0.334 e. The maximum Gasteiger partial charge on any atom is 0.334 e. The lowest BCUT2D eigenvalue weighted by Gasteiger charge is -2.34. The first-order chi connectivity index (χ1) is 7.66. The summed E-state index contributed by atoms with van der Waals surface area (Å²) in [5.74, 6) is -1.01. The molecular formula is C10H16N2O4. The van der Waals surface area contributed by atoms with Crippen molar-refractivity contribution in [1.29, 1.82) is 0 Å². The molecule has 1 heterocycles. The highest BCUT2D eigenvalue weighted by Gasteiger charge is 2.30. The Morgan fingerprint density at radius 3 is 2.69 bits per heavy atom. The van der Waals surface area contributed by atoms with Crippen molar-refractivity contribution in [3.05, 3.63) is 0 Å². The number of hydrogen-bond donors (Lipinski definition) is 2. The molecule has 1 unspecified atom stereocenters. The number of rotatable bonds is 2. The van der Waals surface area contributed by atoms with Crippen molar-refractivity contribution < 1.29 is 19.4 Å². The molecule has 2 aliphatic rings. The topological polar surface area (TPSA) is 78.9 Å². The van der Waals surface area contributed by atoms with Crippen LogP contribution in [0.1, 0.15) is 19.3 Å². The van der Waals surface area contributed by atoms with Crippen LogP contribution in [0.4, 0.5) is 4.79 Å². The van der Waals surface area contributed by atoms with Gasteiger partial charge in [0.05, 0.1) is 13.2 Å². The molecule has 6 heteroatoms. The van der Waals surface area contributed by atoms with Crippen LogP contribution in [0.15, 0.2) is 0 Å². The number of ether oxygens (including phenoxy) is 1. The number of urea groups is 1. The first-order valence-electron chi connectivity index (χ1n) is 5.56. The van der Waals surface area contributed by atoms with Gasteiger partial charge in [-0.15, -0.1) is 0 Å². The summed E-state index contributed by atoms with van der Waals surface area (Å²) in [7, 11) is 0. The van der Waals surface area contributed by atoms with E-state index in [1.807, 2.05) is 0 Å². The monoisotopic (exact) mass is 228 g/mol. The van der Waals surface area contributed by atoms with Crippen LogP contribution in [0.2, 0.25) is 0 Å².